The van der Waals surface area contributed by atoms with E-state index in [1.54, 1.807) is 0 Å². The summed E-state index contributed by atoms with van der Waals surface area (Å²) in [5.41, 5.74) is 1.06. The molecule has 19 heavy (non-hydrogen) atoms. The summed E-state index contributed by atoms with van der Waals surface area (Å²) < 4.78 is 8.21. The fraction of sp³-hybridized carbons (Fsp3) is 0.800. The average molecular weight is 265 g/mol. The summed E-state index contributed by atoms with van der Waals surface area (Å²) >= 11 is 0. The first kappa shape index (κ1) is 14.5. The van der Waals surface area contributed by atoms with Crippen LogP contribution in [0.5, 0.6) is 0 Å². The predicted molar refractivity (Wildman–Crippen MR) is 77.0 cm³/mol. The molecule has 0 saturated carbocycles. The number of nitrogens with one attached hydrogen (secondary N) is 1. The molecule has 0 aromatic carbocycles. The summed E-state index contributed by atoms with van der Waals surface area (Å²) in [4.78, 5) is 0. The van der Waals surface area contributed by atoms with Gasteiger partial charge in [0.05, 0.1) is 22.9 Å². The molecular formula is C15H27N3O. The zero-order valence-electron chi connectivity index (χ0n) is 13.0. The lowest BCUT2D eigenvalue weighted by Crippen LogP contribution is -2.39. The second-order valence-electron chi connectivity index (χ2n) is 6.69. The van der Waals surface area contributed by atoms with E-state index in [0.29, 0.717) is 5.92 Å². The Morgan fingerprint density at radius 3 is 2.58 bits per heavy atom. The normalized spacial score (nSPS) is 26.5. The first-order chi connectivity index (χ1) is 8.77. The smallest absolute Gasteiger partial charge is 0.0681 e. The maximum Gasteiger partial charge on any atom is 0.0681 e. The van der Waals surface area contributed by atoms with E-state index in [1.165, 1.54) is 5.69 Å². The minimum absolute atomic E-state index is 0.0551. The summed E-state index contributed by atoms with van der Waals surface area (Å²) in [6, 6.07) is 2.39. The largest absolute Gasteiger partial charge is 0.369 e. The second kappa shape index (κ2) is 4.91. The van der Waals surface area contributed by atoms with Gasteiger partial charge in [0.1, 0.15) is 0 Å². The third kappa shape index (κ3) is 2.84. The van der Waals surface area contributed by atoms with Crippen molar-refractivity contribution in [3.63, 3.8) is 0 Å². The number of ether oxygens (including phenoxy) is 1. The molecule has 0 amide bonds. The van der Waals surface area contributed by atoms with E-state index >= 15 is 0 Å². The third-order valence-electron chi connectivity index (χ3n) is 4.15. The van der Waals surface area contributed by atoms with Gasteiger partial charge in [-0.05, 0) is 46.7 Å². The van der Waals surface area contributed by atoms with Gasteiger partial charge in [0.15, 0.2) is 0 Å². The standard InChI is InChI=1S/C15H27N3O/c1-7-16-13(12-8-9-17-18(12)6)11-10-14(2,3)19-15(11,4)5/h8-9,11,13,16H,7,10H2,1-6H3. The minimum Gasteiger partial charge on any atom is -0.369 e. The molecule has 1 aromatic rings. The lowest BCUT2D eigenvalue weighted by molar-refractivity contribution is -0.0780. The van der Waals surface area contributed by atoms with Crippen LogP contribution in [0.25, 0.3) is 0 Å². The summed E-state index contributed by atoms with van der Waals surface area (Å²) in [5, 5.41) is 7.93. The Morgan fingerprint density at radius 1 is 1.47 bits per heavy atom. The molecule has 2 heterocycles. The summed E-state index contributed by atoms with van der Waals surface area (Å²) in [6.45, 7) is 11.9. The van der Waals surface area contributed by atoms with Crippen LogP contribution < -0.4 is 5.32 Å². The molecule has 4 nitrogen and oxygen atoms in total. The van der Waals surface area contributed by atoms with Crippen molar-refractivity contribution in [2.45, 2.75) is 58.3 Å². The van der Waals surface area contributed by atoms with Crippen LogP contribution >= 0.6 is 0 Å². The molecule has 4 heteroatoms. The van der Waals surface area contributed by atoms with Crippen molar-refractivity contribution in [1.82, 2.24) is 15.1 Å². The van der Waals surface area contributed by atoms with Crippen LogP contribution in [0, 0.1) is 5.92 Å². The molecule has 108 valence electrons. The Balaban J connectivity index is 2.32. The van der Waals surface area contributed by atoms with Gasteiger partial charge >= 0.3 is 0 Å². The Labute approximate surface area is 116 Å². The SMILES string of the molecule is CCNC(c1ccnn1C)C1CC(C)(C)OC1(C)C. The predicted octanol–water partition coefficient (Wildman–Crippen LogP) is 2.66. The van der Waals surface area contributed by atoms with E-state index in [0.717, 1.165) is 13.0 Å². The number of aryl methyl sites for hydroxylation is 1. The quantitative estimate of drug-likeness (QED) is 0.909. The highest BCUT2D eigenvalue weighted by Crippen LogP contribution is 2.47. The van der Waals surface area contributed by atoms with Crippen molar-refractivity contribution in [3.8, 4) is 0 Å². The molecule has 2 rings (SSSR count). The van der Waals surface area contributed by atoms with Gasteiger partial charge in [-0.3, -0.25) is 4.68 Å². The monoisotopic (exact) mass is 265 g/mol. The molecule has 0 radical (unpaired) electrons. The molecule has 1 aromatic heterocycles. The van der Waals surface area contributed by atoms with Crippen molar-refractivity contribution in [3.05, 3.63) is 18.0 Å². The van der Waals surface area contributed by atoms with Gasteiger partial charge < -0.3 is 10.1 Å². The van der Waals surface area contributed by atoms with Crippen LogP contribution in [0.2, 0.25) is 0 Å². The number of aromatic nitrogens is 2. The third-order valence-corrected chi connectivity index (χ3v) is 4.15. The fourth-order valence-electron chi connectivity index (χ4n) is 3.49. The molecule has 1 aliphatic heterocycles. The fourth-order valence-corrected chi connectivity index (χ4v) is 3.49. The van der Waals surface area contributed by atoms with Gasteiger partial charge in [0.2, 0.25) is 0 Å². The first-order valence-corrected chi connectivity index (χ1v) is 7.18. The molecule has 0 bridgehead atoms. The minimum atomic E-state index is -0.124. The average Bonchev–Trinajstić information content (AvgIpc) is 2.76. The van der Waals surface area contributed by atoms with Crippen molar-refractivity contribution in [2.24, 2.45) is 13.0 Å². The summed E-state index contributed by atoms with van der Waals surface area (Å²) in [5.74, 6) is 0.442. The molecule has 1 aliphatic rings. The van der Waals surface area contributed by atoms with E-state index in [2.05, 4.69) is 51.1 Å². The number of rotatable bonds is 4. The van der Waals surface area contributed by atoms with Gasteiger partial charge in [-0.15, -0.1) is 0 Å². The maximum absolute atomic E-state index is 6.24. The van der Waals surface area contributed by atoms with Crippen LogP contribution in [0.1, 0.15) is 52.8 Å². The second-order valence-corrected chi connectivity index (χ2v) is 6.69. The van der Waals surface area contributed by atoms with Crippen LogP contribution in [0.4, 0.5) is 0 Å². The molecule has 1 saturated heterocycles. The molecule has 0 spiro atoms. The summed E-state index contributed by atoms with van der Waals surface area (Å²) in [7, 11) is 2.01. The topological polar surface area (TPSA) is 39.1 Å². The Hall–Kier alpha value is -0.870. The van der Waals surface area contributed by atoms with Gasteiger partial charge in [-0.1, -0.05) is 6.92 Å². The highest BCUT2D eigenvalue weighted by Gasteiger charge is 2.49. The lowest BCUT2D eigenvalue weighted by Gasteiger charge is -2.33. The van der Waals surface area contributed by atoms with Gasteiger partial charge in [0.25, 0.3) is 0 Å². The molecule has 2 unspecified atom stereocenters. The summed E-state index contributed by atoms with van der Waals surface area (Å²) in [6.07, 6.45) is 2.93. The van der Waals surface area contributed by atoms with Gasteiger partial charge in [-0.2, -0.15) is 5.10 Å². The molecule has 1 fully saturated rings. The Bertz CT molecular complexity index is 436. The van der Waals surface area contributed by atoms with E-state index in [-0.39, 0.29) is 17.2 Å². The van der Waals surface area contributed by atoms with E-state index in [9.17, 15) is 0 Å². The van der Waals surface area contributed by atoms with Crippen molar-refractivity contribution >= 4 is 0 Å². The van der Waals surface area contributed by atoms with E-state index in [4.69, 9.17) is 4.74 Å². The van der Waals surface area contributed by atoms with Gasteiger partial charge in [-0.25, -0.2) is 0 Å². The highest BCUT2D eigenvalue weighted by atomic mass is 16.5. The highest BCUT2D eigenvalue weighted by molar-refractivity contribution is 5.13. The van der Waals surface area contributed by atoms with Crippen molar-refractivity contribution < 1.29 is 4.74 Å². The number of nitrogens with zero attached hydrogens (tertiary/aromatic N) is 2. The van der Waals surface area contributed by atoms with Crippen LogP contribution in [-0.2, 0) is 11.8 Å². The lowest BCUT2D eigenvalue weighted by atomic mass is 9.80. The van der Waals surface area contributed by atoms with E-state index < -0.39 is 0 Å². The molecular weight excluding hydrogens is 238 g/mol. The van der Waals surface area contributed by atoms with Crippen molar-refractivity contribution in [2.75, 3.05) is 6.54 Å². The van der Waals surface area contributed by atoms with Crippen LogP contribution in [0.3, 0.4) is 0 Å². The maximum atomic E-state index is 6.24. The van der Waals surface area contributed by atoms with Gasteiger partial charge in [0, 0.05) is 19.2 Å². The Morgan fingerprint density at radius 2 is 2.16 bits per heavy atom. The molecule has 1 N–H and O–H groups in total. The Kier molecular flexibility index (Phi) is 3.76. The van der Waals surface area contributed by atoms with Crippen LogP contribution in [-0.4, -0.2) is 27.5 Å². The number of hydrogen-bond acceptors (Lipinski definition) is 3. The zero-order chi connectivity index (χ0) is 14.3. The molecule has 2 atom stereocenters. The zero-order valence-corrected chi connectivity index (χ0v) is 13.0. The van der Waals surface area contributed by atoms with Crippen LogP contribution in [0.15, 0.2) is 12.3 Å². The van der Waals surface area contributed by atoms with Crippen molar-refractivity contribution in [1.29, 1.82) is 0 Å². The molecule has 0 aliphatic carbocycles. The number of hydrogen-bond donors (Lipinski definition) is 1. The van der Waals surface area contributed by atoms with E-state index in [1.807, 2.05) is 17.9 Å². The first-order valence-electron chi connectivity index (χ1n) is 7.18.